The Hall–Kier alpha value is -2.30. The zero-order valence-electron chi connectivity index (χ0n) is 13.3. The summed E-state index contributed by atoms with van der Waals surface area (Å²) in [4.78, 5) is 14.9. The van der Waals surface area contributed by atoms with E-state index >= 15 is 0 Å². The lowest BCUT2D eigenvalue weighted by Gasteiger charge is -2.17. The highest BCUT2D eigenvalue weighted by atomic mass is 16.1. The summed E-state index contributed by atoms with van der Waals surface area (Å²) in [5.74, 6) is -0.113. The first-order valence-corrected chi connectivity index (χ1v) is 8.54. The van der Waals surface area contributed by atoms with Gasteiger partial charge < -0.3 is 10.2 Å². The van der Waals surface area contributed by atoms with Crippen molar-refractivity contribution in [3.05, 3.63) is 41.2 Å². The third-order valence-electron chi connectivity index (χ3n) is 4.87. The Bertz CT molecular complexity index is 698. The van der Waals surface area contributed by atoms with Gasteiger partial charge in [0, 0.05) is 35.7 Å². The summed E-state index contributed by atoms with van der Waals surface area (Å²) in [6, 6.07) is 8.12. The van der Waals surface area contributed by atoms with Crippen LogP contribution in [-0.4, -0.2) is 29.2 Å². The first-order valence-electron chi connectivity index (χ1n) is 8.54. The maximum absolute atomic E-state index is 12.5. The van der Waals surface area contributed by atoms with Crippen molar-refractivity contribution in [3.8, 4) is 0 Å². The molecule has 1 aliphatic carbocycles. The van der Waals surface area contributed by atoms with E-state index in [4.69, 9.17) is 0 Å². The van der Waals surface area contributed by atoms with Crippen LogP contribution in [0.5, 0.6) is 0 Å². The molecule has 5 heteroatoms. The van der Waals surface area contributed by atoms with Crippen molar-refractivity contribution in [2.24, 2.45) is 0 Å². The van der Waals surface area contributed by atoms with Gasteiger partial charge in [0.05, 0.1) is 0 Å². The van der Waals surface area contributed by atoms with Gasteiger partial charge in [-0.15, -0.1) is 0 Å². The lowest BCUT2D eigenvalue weighted by Crippen LogP contribution is -2.18. The monoisotopic (exact) mass is 310 g/mol. The Kier molecular flexibility index (Phi) is 3.77. The van der Waals surface area contributed by atoms with Crippen LogP contribution in [0, 0.1) is 0 Å². The molecule has 0 atom stereocenters. The molecule has 2 aliphatic rings. The molecule has 2 aromatic rings. The fourth-order valence-electron chi connectivity index (χ4n) is 3.59. The van der Waals surface area contributed by atoms with Crippen LogP contribution in [-0.2, 0) is 12.8 Å². The summed E-state index contributed by atoms with van der Waals surface area (Å²) in [6.45, 7) is 2.26. The number of carbonyl (C=O) groups is 1. The normalized spacial score (nSPS) is 17.1. The van der Waals surface area contributed by atoms with Crippen LogP contribution in [0.4, 0.5) is 11.4 Å². The quantitative estimate of drug-likeness (QED) is 0.915. The number of rotatable bonds is 3. The van der Waals surface area contributed by atoms with E-state index < -0.39 is 0 Å². The lowest BCUT2D eigenvalue weighted by atomic mass is 9.96. The van der Waals surface area contributed by atoms with Gasteiger partial charge in [0.1, 0.15) is 0 Å². The molecule has 5 nitrogen and oxygen atoms in total. The second-order valence-corrected chi connectivity index (χ2v) is 6.43. The standard InChI is InChI=1S/C18H22N4O/c23-18(17-15-5-1-2-6-16(15)20-21-17)19-13-7-9-14(10-8-13)22-11-3-4-12-22/h7-10H,1-6,11-12H2,(H,19,23)(H,20,21). The molecule has 0 radical (unpaired) electrons. The largest absolute Gasteiger partial charge is 0.372 e. The van der Waals surface area contributed by atoms with Gasteiger partial charge in [0.25, 0.3) is 5.91 Å². The Morgan fingerprint density at radius 1 is 1.04 bits per heavy atom. The predicted octanol–water partition coefficient (Wildman–Crippen LogP) is 3.14. The van der Waals surface area contributed by atoms with E-state index in [1.54, 1.807) is 0 Å². The average molecular weight is 310 g/mol. The van der Waals surface area contributed by atoms with Gasteiger partial charge in [0.2, 0.25) is 0 Å². The fraction of sp³-hybridized carbons (Fsp3) is 0.444. The summed E-state index contributed by atoms with van der Waals surface area (Å²) in [5, 5.41) is 10.2. The predicted molar refractivity (Wildman–Crippen MR) is 91.1 cm³/mol. The van der Waals surface area contributed by atoms with Gasteiger partial charge in [-0.05, 0) is 62.8 Å². The number of fused-ring (bicyclic) bond motifs is 1. The smallest absolute Gasteiger partial charge is 0.276 e. The summed E-state index contributed by atoms with van der Waals surface area (Å²) in [6.07, 6.45) is 6.79. The molecular weight excluding hydrogens is 288 g/mol. The molecule has 2 heterocycles. The van der Waals surface area contributed by atoms with E-state index in [9.17, 15) is 4.79 Å². The maximum Gasteiger partial charge on any atom is 0.276 e. The zero-order valence-corrected chi connectivity index (χ0v) is 13.3. The minimum absolute atomic E-state index is 0.113. The SMILES string of the molecule is O=C(Nc1ccc(N2CCCC2)cc1)c1n[nH]c2c1CCCC2. The van der Waals surface area contributed by atoms with Crippen molar-refractivity contribution in [2.75, 3.05) is 23.3 Å². The Balaban J connectivity index is 1.47. The Morgan fingerprint density at radius 2 is 1.78 bits per heavy atom. The van der Waals surface area contributed by atoms with E-state index in [0.717, 1.165) is 49.3 Å². The number of benzene rings is 1. The number of aromatic amines is 1. The van der Waals surface area contributed by atoms with Gasteiger partial charge in [-0.3, -0.25) is 9.89 Å². The van der Waals surface area contributed by atoms with E-state index in [1.165, 1.54) is 24.9 Å². The van der Waals surface area contributed by atoms with Crippen LogP contribution < -0.4 is 10.2 Å². The van der Waals surface area contributed by atoms with E-state index in [0.29, 0.717) is 5.69 Å². The van der Waals surface area contributed by atoms with Crippen molar-refractivity contribution >= 4 is 17.3 Å². The number of nitrogens with zero attached hydrogens (tertiary/aromatic N) is 2. The molecule has 0 unspecified atom stereocenters. The first kappa shape index (κ1) is 14.3. The van der Waals surface area contributed by atoms with E-state index in [2.05, 4.69) is 32.5 Å². The lowest BCUT2D eigenvalue weighted by molar-refractivity contribution is 0.102. The number of H-pyrrole nitrogens is 1. The molecule has 1 amide bonds. The molecule has 0 spiro atoms. The minimum Gasteiger partial charge on any atom is -0.372 e. The number of aryl methyl sites for hydroxylation is 1. The zero-order chi connectivity index (χ0) is 15.6. The number of carbonyl (C=O) groups excluding carboxylic acids is 1. The fourth-order valence-corrected chi connectivity index (χ4v) is 3.59. The second kappa shape index (κ2) is 6.07. The summed E-state index contributed by atoms with van der Waals surface area (Å²) >= 11 is 0. The van der Waals surface area contributed by atoms with Gasteiger partial charge in [0.15, 0.2) is 5.69 Å². The molecule has 1 aliphatic heterocycles. The second-order valence-electron chi connectivity index (χ2n) is 6.43. The number of amides is 1. The molecule has 0 bridgehead atoms. The third-order valence-corrected chi connectivity index (χ3v) is 4.87. The average Bonchev–Trinajstić information content (AvgIpc) is 3.25. The van der Waals surface area contributed by atoms with Gasteiger partial charge in [-0.1, -0.05) is 0 Å². The Labute approximate surface area is 136 Å². The van der Waals surface area contributed by atoms with Crippen LogP contribution in [0.15, 0.2) is 24.3 Å². The molecule has 2 N–H and O–H groups in total. The van der Waals surface area contributed by atoms with Crippen LogP contribution in [0.25, 0.3) is 0 Å². The molecule has 23 heavy (non-hydrogen) atoms. The van der Waals surface area contributed by atoms with Crippen molar-refractivity contribution < 1.29 is 4.79 Å². The number of nitrogens with one attached hydrogen (secondary N) is 2. The summed E-state index contributed by atoms with van der Waals surface area (Å²) in [7, 11) is 0. The first-order chi connectivity index (χ1) is 11.3. The minimum atomic E-state index is -0.113. The molecule has 1 fully saturated rings. The van der Waals surface area contributed by atoms with Crippen LogP contribution in [0.1, 0.15) is 47.4 Å². The molecule has 1 aromatic heterocycles. The Morgan fingerprint density at radius 3 is 2.57 bits per heavy atom. The number of aromatic nitrogens is 2. The van der Waals surface area contributed by atoms with E-state index in [1.807, 2.05) is 12.1 Å². The van der Waals surface area contributed by atoms with Gasteiger partial charge in [-0.2, -0.15) is 5.10 Å². The summed E-state index contributed by atoms with van der Waals surface area (Å²) < 4.78 is 0. The topological polar surface area (TPSA) is 61.0 Å². The molecule has 0 saturated carbocycles. The summed E-state index contributed by atoms with van der Waals surface area (Å²) in [5.41, 5.74) is 4.85. The highest BCUT2D eigenvalue weighted by molar-refractivity contribution is 6.04. The number of hydrogen-bond acceptors (Lipinski definition) is 3. The molecule has 1 aromatic carbocycles. The van der Waals surface area contributed by atoms with Crippen molar-refractivity contribution in [1.82, 2.24) is 10.2 Å². The van der Waals surface area contributed by atoms with Gasteiger partial charge in [-0.25, -0.2) is 0 Å². The third kappa shape index (κ3) is 2.83. The molecular formula is C18H22N4O. The van der Waals surface area contributed by atoms with Crippen molar-refractivity contribution in [3.63, 3.8) is 0 Å². The van der Waals surface area contributed by atoms with Crippen LogP contribution >= 0.6 is 0 Å². The highest BCUT2D eigenvalue weighted by Crippen LogP contribution is 2.24. The molecule has 1 saturated heterocycles. The van der Waals surface area contributed by atoms with Crippen molar-refractivity contribution in [2.45, 2.75) is 38.5 Å². The van der Waals surface area contributed by atoms with Crippen LogP contribution in [0.2, 0.25) is 0 Å². The van der Waals surface area contributed by atoms with Crippen LogP contribution in [0.3, 0.4) is 0 Å². The maximum atomic E-state index is 12.5. The van der Waals surface area contributed by atoms with Crippen molar-refractivity contribution in [1.29, 1.82) is 0 Å². The molecule has 4 rings (SSSR count). The number of anilines is 2. The van der Waals surface area contributed by atoms with Gasteiger partial charge >= 0.3 is 0 Å². The van der Waals surface area contributed by atoms with E-state index in [-0.39, 0.29) is 5.91 Å². The molecule has 120 valence electrons. The number of hydrogen-bond donors (Lipinski definition) is 2. The highest BCUT2D eigenvalue weighted by Gasteiger charge is 2.21.